The Bertz CT molecular complexity index is 3730. The van der Waals surface area contributed by atoms with Gasteiger partial charge in [-0.25, -0.2) is 28.6 Å². The van der Waals surface area contributed by atoms with Crippen molar-refractivity contribution in [2.24, 2.45) is 0 Å². The van der Waals surface area contributed by atoms with Crippen LogP contribution in [0.15, 0.2) is 19.0 Å². The van der Waals surface area contributed by atoms with Crippen molar-refractivity contribution in [3.05, 3.63) is 19.0 Å². The van der Waals surface area contributed by atoms with E-state index in [1.807, 2.05) is 0 Å². The number of carbonyl (C=O) groups excluding carboxylic acids is 3. The lowest BCUT2D eigenvalue weighted by molar-refractivity contribution is -0.149. The molecule has 9 N–H and O–H groups in total. The Morgan fingerprint density at radius 2 is 0.735 bits per heavy atom. The Morgan fingerprint density at radius 1 is 0.480 bits per heavy atom. The fourth-order valence-electron chi connectivity index (χ4n) is 11.5. The number of nitrogens with zero attached hydrogens (tertiary/aromatic N) is 12. The molecule has 6 fully saturated rings. The van der Waals surface area contributed by atoms with Crippen LogP contribution in [0.4, 0.5) is 17.8 Å². The number of nitrogens with two attached hydrogens (primary N) is 3. The van der Waals surface area contributed by atoms with Gasteiger partial charge < -0.3 is 75.2 Å². The Kier molecular flexibility index (Phi) is 23.8. The number of nitrogen functional groups attached to an aromatic ring is 3. The minimum absolute atomic E-state index is 0.0405. The van der Waals surface area contributed by atoms with Gasteiger partial charge >= 0.3 is 41.4 Å². The van der Waals surface area contributed by atoms with Crippen LogP contribution in [-0.4, -0.2) is 223 Å². The van der Waals surface area contributed by atoms with Crippen LogP contribution in [0.25, 0.3) is 33.5 Å². The van der Waals surface area contributed by atoms with E-state index in [0.717, 1.165) is 0 Å². The maximum atomic E-state index is 13.0. The van der Waals surface area contributed by atoms with Gasteiger partial charge in [-0.05, 0) is 83.1 Å². The third-order valence-corrected chi connectivity index (χ3v) is 20.0. The topological polar surface area (TPSA) is 538 Å². The van der Waals surface area contributed by atoms with Crippen molar-refractivity contribution in [3.8, 4) is 17.6 Å². The molecule has 0 amide bonds. The van der Waals surface area contributed by atoms with Crippen molar-refractivity contribution in [2.45, 2.75) is 193 Å². The molecule has 102 heavy (non-hydrogen) atoms. The number of rotatable bonds is 24. The summed E-state index contributed by atoms with van der Waals surface area (Å²) in [7, 11) is -12.2. The van der Waals surface area contributed by atoms with Crippen LogP contribution >= 0.6 is 23.5 Å². The van der Waals surface area contributed by atoms with Crippen molar-refractivity contribution >= 4 is 92.7 Å². The lowest BCUT2D eigenvalue weighted by Crippen LogP contribution is -2.47. The van der Waals surface area contributed by atoms with E-state index in [1.54, 1.807) is 62.3 Å². The number of hydrogen-bond acceptors (Lipinski definition) is 39. The van der Waals surface area contributed by atoms with Crippen molar-refractivity contribution < 1.29 is 127 Å². The van der Waals surface area contributed by atoms with E-state index in [2.05, 4.69) is 44.9 Å². The first kappa shape index (κ1) is 77.6. The molecule has 0 radical (unpaired) electrons. The Hall–Kier alpha value is -7.05. The minimum atomic E-state index is -4.07. The summed E-state index contributed by atoms with van der Waals surface area (Å²) in [5.74, 6) is -1.04. The maximum absolute atomic E-state index is 13.0. The highest BCUT2D eigenvalue weighted by Crippen LogP contribution is 2.62. The van der Waals surface area contributed by atoms with Gasteiger partial charge in [-0.2, -0.15) is 29.9 Å². The number of aliphatic hydroxyl groups is 3. The van der Waals surface area contributed by atoms with Crippen LogP contribution in [0.2, 0.25) is 0 Å². The number of aromatic nitrogens is 12. The molecule has 1 unspecified atom stereocenters. The van der Waals surface area contributed by atoms with E-state index < -0.39 is 113 Å². The zero-order valence-corrected chi connectivity index (χ0v) is 60.4. The Balaban J connectivity index is 0.000000165. The standard InChI is InChI=1S/3C19H28N5O9P/c3*1-5-28-16-13-15(22-18(20)23-16)24(9-21-13)17-19(4,26)14-11(32-17)8-30-34(27,33-14)29-7-6-12(25)31-10(2)3/h3*9-11,14,17,26H,5-8H2,1-4H3,(H2,20,22,23)/t11-,14-,17-,19-,34?;11-,14-,17-,19-,34+;11-,14-,17-,19-,34-/m111/s1. The molecule has 6 aliphatic heterocycles. The highest BCUT2D eigenvalue weighted by Gasteiger charge is 2.63. The molecule has 12 rings (SSSR count). The smallest absolute Gasteiger partial charge is 0.475 e. The monoisotopic (exact) mass is 1500 g/mol. The molecule has 12 heterocycles. The van der Waals surface area contributed by atoms with Gasteiger partial charge in [-0.1, -0.05) is 0 Å². The molecule has 6 aliphatic rings. The first-order valence-corrected chi connectivity index (χ1v) is 36.8. The third-order valence-electron chi connectivity index (χ3n) is 15.7. The second kappa shape index (κ2) is 31.3. The van der Waals surface area contributed by atoms with Gasteiger partial charge in [-0.3, -0.25) is 68.8 Å². The molecule has 564 valence electrons. The maximum Gasteiger partial charge on any atom is 0.475 e. The van der Waals surface area contributed by atoms with Crippen molar-refractivity contribution in [3.63, 3.8) is 0 Å². The van der Waals surface area contributed by atoms with Crippen LogP contribution in [0.1, 0.15) is 121 Å². The van der Waals surface area contributed by atoms with Crippen LogP contribution in [-0.2, 0) is 97.2 Å². The highest BCUT2D eigenvalue weighted by molar-refractivity contribution is 7.49. The van der Waals surface area contributed by atoms with Gasteiger partial charge in [0.25, 0.3) is 0 Å². The summed E-state index contributed by atoms with van der Waals surface area (Å²) in [6.45, 7) is 19.9. The summed E-state index contributed by atoms with van der Waals surface area (Å²) in [4.78, 5) is 72.7. The lowest BCUT2D eigenvalue weighted by Gasteiger charge is -2.34. The number of fused-ring (bicyclic) bond motifs is 6. The molecular formula is C57H84N15O27P3. The van der Waals surface area contributed by atoms with E-state index in [4.69, 9.17) is 101 Å². The molecule has 45 heteroatoms. The number of hydrogen-bond donors (Lipinski definition) is 6. The summed E-state index contributed by atoms with van der Waals surface area (Å²) in [5, 5.41) is 34.1. The first-order chi connectivity index (χ1) is 48.1. The van der Waals surface area contributed by atoms with Crippen LogP contribution in [0, 0.1) is 0 Å². The molecule has 0 aromatic carbocycles. The molecule has 42 nitrogen and oxygen atoms in total. The SMILES string of the molecule is CCOc1nc(N)nc2c1ncn2[C@@H]1O[C@@H]2COP(=O)(OCCC(=O)OC(C)C)O[C@H]2[C@@]1(C)O.CCOc1nc(N)nc2c1ncn2[C@@H]1O[C@@H]2CO[P@@](=O)(OCCC(=O)OC(C)C)O[C@H]2[C@@]1(C)O.CCOc1nc(N)nc2c1ncn2[C@@H]1O[C@@H]2CO[P@](=O)(OCCC(=O)OC(C)C)O[C@H]2[C@@]1(C)O. The van der Waals surface area contributed by atoms with Gasteiger partial charge in [0.05, 0.1) is 116 Å². The summed E-state index contributed by atoms with van der Waals surface area (Å²) < 4.78 is 141. The molecule has 0 spiro atoms. The fraction of sp³-hybridized carbons (Fsp3) is 0.684. The van der Waals surface area contributed by atoms with Crippen LogP contribution in [0.3, 0.4) is 0 Å². The van der Waals surface area contributed by atoms with E-state index in [1.165, 1.54) is 53.5 Å². The summed E-state index contributed by atoms with van der Waals surface area (Å²) in [6, 6.07) is 0. The second-order valence-corrected chi connectivity index (χ2v) is 29.7. The molecule has 6 aromatic rings. The predicted molar refractivity (Wildman–Crippen MR) is 347 cm³/mol. The van der Waals surface area contributed by atoms with Gasteiger partial charge in [-0.15, -0.1) is 0 Å². The molecule has 0 bridgehead atoms. The average Bonchev–Trinajstić information content (AvgIpc) is 1.59. The van der Waals surface area contributed by atoms with E-state index >= 15 is 0 Å². The predicted octanol–water partition coefficient (Wildman–Crippen LogP) is 4.01. The lowest BCUT2D eigenvalue weighted by atomic mass is 9.96. The molecule has 6 aromatic heterocycles. The highest BCUT2D eigenvalue weighted by atomic mass is 31.2. The van der Waals surface area contributed by atoms with Crippen molar-refractivity contribution in [2.75, 3.05) is 76.7 Å². The van der Waals surface area contributed by atoms with Gasteiger partial charge in [0.15, 0.2) is 52.2 Å². The zero-order valence-electron chi connectivity index (χ0n) is 57.7. The number of carbonyl (C=O) groups is 3. The molecular weight excluding hydrogens is 1420 g/mol. The van der Waals surface area contributed by atoms with Gasteiger partial charge in [0.1, 0.15) is 53.4 Å². The largest absolute Gasteiger partial charge is 0.476 e. The van der Waals surface area contributed by atoms with E-state index in [-0.39, 0.29) is 130 Å². The van der Waals surface area contributed by atoms with Gasteiger partial charge in [0, 0.05) is 0 Å². The average molecular weight is 1500 g/mol. The minimum Gasteiger partial charge on any atom is -0.476 e. The van der Waals surface area contributed by atoms with Gasteiger partial charge in [0.2, 0.25) is 35.5 Å². The van der Waals surface area contributed by atoms with Crippen molar-refractivity contribution in [1.29, 1.82) is 0 Å². The van der Waals surface area contributed by atoms with E-state index in [0.29, 0.717) is 36.4 Å². The summed E-state index contributed by atoms with van der Waals surface area (Å²) >= 11 is 0. The normalized spacial score (nSPS) is 31.1. The van der Waals surface area contributed by atoms with Crippen molar-refractivity contribution in [1.82, 2.24) is 58.6 Å². The van der Waals surface area contributed by atoms with E-state index in [9.17, 15) is 43.4 Å². The molecule has 15 atom stereocenters. The summed E-state index contributed by atoms with van der Waals surface area (Å²) in [6.07, 6.45) is -5.61. The number of phosphoric acid groups is 3. The number of imidazole rings is 3. The number of esters is 3. The first-order valence-electron chi connectivity index (χ1n) is 32.4. The second-order valence-electron chi connectivity index (χ2n) is 24.9. The van der Waals surface area contributed by atoms with Crippen LogP contribution in [0.5, 0.6) is 17.6 Å². The number of phosphoric ester groups is 3. The number of ether oxygens (including phenoxy) is 9. The Morgan fingerprint density at radius 3 is 0.971 bits per heavy atom. The molecule has 0 saturated carbocycles. The Labute approximate surface area is 582 Å². The fourth-order valence-corrected chi connectivity index (χ4v) is 15.9. The summed E-state index contributed by atoms with van der Waals surface area (Å²) in [5.41, 5.74) is 14.2. The quantitative estimate of drug-likeness (QED) is 0.0283. The molecule has 0 aliphatic carbocycles. The molecule has 6 saturated heterocycles. The third kappa shape index (κ3) is 17.0. The zero-order chi connectivity index (χ0) is 74.0. The number of anilines is 3. The van der Waals surface area contributed by atoms with Crippen LogP contribution < -0.4 is 31.4 Å².